The highest BCUT2D eigenvalue weighted by Crippen LogP contribution is 2.11. The Morgan fingerprint density at radius 2 is 1.84 bits per heavy atom. The zero-order valence-corrected chi connectivity index (χ0v) is 14.1. The Bertz CT molecular complexity index is 778. The Labute approximate surface area is 145 Å². The quantitative estimate of drug-likeness (QED) is 0.842. The molecule has 0 bridgehead atoms. The molecule has 25 heavy (non-hydrogen) atoms. The van der Waals surface area contributed by atoms with Crippen LogP contribution >= 0.6 is 0 Å². The predicted octanol–water partition coefficient (Wildman–Crippen LogP) is 3.42. The van der Waals surface area contributed by atoms with Crippen LogP contribution < -0.4 is 10.6 Å². The molecule has 132 valence electrons. The molecule has 0 aliphatic heterocycles. The van der Waals surface area contributed by atoms with E-state index < -0.39 is 17.5 Å². The Morgan fingerprint density at radius 1 is 1.08 bits per heavy atom. The molecular formula is C19H20F2N2O2. The van der Waals surface area contributed by atoms with Gasteiger partial charge in [0, 0.05) is 18.2 Å². The topological polar surface area (TPSA) is 58.2 Å². The standard InChI is InChI=1S/C19H20F2N2O2/c1-3-12(2)23-18(24)14-6-4-5-13(9-14)11-22-19(25)16-10-15(20)7-8-17(16)21/h4-10,12H,3,11H2,1-2H3,(H,22,25)(H,23,24)/t12-/m1/s1. The van der Waals surface area contributed by atoms with Crippen LogP contribution in [-0.4, -0.2) is 17.9 Å². The Balaban J connectivity index is 2.03. The fourth-order valence-electron chi connectivity index (χ4n) is 2.18. The van der Waals surface area contributed by atoms with Gasteiger partial charge in [0.25, 0.3) is 11.8 Å². The first-order valence-corrected chi connectivity index (χ1v) is 8.03. The molecule has 2 rings (SSSR count). The highest BCUT2D eigenvalue weighted by atomic mass is 19.1. The lowest BCUT2D eigenvalue weighted by molar-refractivity contribution is 0.0935. The number of hydrogen-bond donors (Lipinski definition) is 2. The Kier molecular flexibility index (Phi) is 6.22. The van der Waals surface area contributed by atoms with Crippen molar-refractivity contribution in [2.24, 2.45) is 0 Å². The van der Waals surface area contributed by atoms with Crippen molar-refractivity contribution in [1.29, 1.82) is 0 Å². The molecule has 2 aromatic rings. The van der Waals surface area contributed by atoms with Gasteiger partial charge < -0.3 is 10.6 Å². The first kappa shape index (κ1) is 18.6. The van der Waals surface area contributed by atoms with E-state index in [1.54, 1.807) is 24.3 Å². The maximum absolute atomic E-state index is 13.6. The summed E-state index contributed by atoms with van der Waals surface area (Å²) in [4.78, 5) is 24.1. The highest BCUT2D eigenvalue weighted by molar-refractivity contribution is 5.95. The maximum atomic E-state index is 13.6. The van der Waals surface area contributed by atoms with E-state index in [0.29, 0.717) is 11.1 Å². The van der Waals surface area contributed by atoms with Crippen LogP contribution in [0, 0.1) is 11.6 Å². The van der Waals surface area contributed by atoms with Crippen molar-refractivity contribution < 1.29 is 18.4 Å². The van der Waals surface area contributed by atoms with Crippen LogP contribution in [0.5, 0.6) is 0 Å². The van der Waals surface area contributed by atoms with E-state index in [9.17, 15) is 18.4 Å². The van der Waals surface area contributed by atoms with Gasteiger partial charge >= 0.3 is 0 Å². The maximum Gasteiger partial charge on any atom is 0.254 e. The molecule has 4 nitrogen and oxygen atoms in total. The van der Waals surface area contributed by atoms with Gasteiger partial charge in [-0.1, -0.05) is 19.1 Å². The Hall–Kier alpha value is -2.76. The smallest absolute Gasteiger partial charge is 0.254 e. The van der Waals surface area contributed by atoms with Crippen LogP contribution in [0.15, 0.2) is 42.5 Å². The number of carbonyl (C=O) groups excluding carboxylic acids is 2. The molecule has 0 unspecified atom stereocenters. The second-order valence-electron chi connectivity index (χ2n) is 5.79. The highest BCUT2D eigenvalue weighted by Gasteiger charge is 2.13. The lowest BCUT2D eigenvalue weighted by Gasteiger charge is -2.12. The summed E-state index contributed by atoms with van der Waals surface area (Å²) in [5.41, 5.74) is 0.802. The zero-order valence-electron chi connectivity index (χ0n) is 14.1. The first-order valence-electron chi connectivity index (χ1n) is 8.03. The average molecular weight is 346 g/mol. The van der Waals surface area contributed by atoms with Gasteiger partial charge in [-0.3, -0.25) is 9.59 Å². The van der Waals surface area contributed by atoms with Crippen LogP contribution in [-0.2, 0) is 6.54 Å². The third kappa shape index (κ3) is 5.11. The van der Waals surface area contributed by atoms with E-state index in [1.165, 1.54) is 0 Å². The third-order valence-electron chi connectivity index (χ3n) is 3.81. The SMILES string of the molecule is CC[C@@H](C)NC(=O)c1cccc(CNC(=O)c2cc(F)ccc2F)c1. The zero-order chi connectivity index (χ0) is 18.4. The molecule has 0 saturated carbocycles. The van der Waals surface area contributed by atoms with Gasteiger partial charge in [-0.05, 0) is 49.2 Å². The molecule has 0 radical (unpaired) electrons. The van der Waals surface area contributed by atoms with Gasteiger partial charge in [0.15, 0.2) is 0 Å². The molecule has 0 aromatic heterocycles. The van der Waals surface area contributed by atoms with E-state index in [4.69, 9.17) is 0 Å². The lowest BCUT2D eigenvalue weighted by atomic mass is 10.1. The number of amides is 2. The fraction of sp³-hybridized carbons (Fsp3) is 0.263. The average Bonchev–Trinajstić information content (AvgIpc) is 2.61. The largest absolute Gasteiger partial charge is 0.350 e. The van der Waals surface area contributed by atoms with Crippen molar-refractivity contribution in [3.63, 3.8) is 0 Å². The monoisotopic (exact) mass is 346 g/mol. The van der Waals surface area contributed by atoms with Gasteiger partial charge in [-0.2, -0.15) is 0 Å². The van der Waals surface area contributed by atoms with E-state index in [2.05, 4.69) is 10.6 Å². The number of nitrogens with one attached hydrogen (secondary N) is 2. The number of benzene rings is 2. The molecule has 1 atom stereocenters. The van der Waals surface area contributed by atoms with Gasteiger partial charge in [0.1, 0.15) is 11.6 Å². The molecule has 2 N–H and O–H groups in total. The molecule has 0 aliphatic rings. The van der Waals surface area contributed by atoms with Crippen LogP contribution in [0.2, 0.25) is 0 Å². The van der Waals surface area contributed by atoms with Gasteiger partial charge in [-0.15, -0.1) is 0 Å². The number of carbonyl (C=O) groups is 2. The summed E-state index contributed by atoms with van der Waals surface area (Å²) in [5, 5.41) is 5.38. The first-order chi connectivity index (χ1) is 11.9. The van der Waals surface area contributed by atoms with E-state index in [-0.39, 0.29) is 24.1 Å². The van der Waals surface area contributed by atoms with Crippen LogP contribution in [0.3, 0.4) is 0 Å². The molecule has 6 heteroatoms. The van der Waals surface area contributed by atoms with Gasteiger partial charge in [-0.25, -0.2) is 8.78 Å². The number of rotatable bonds is 6. The summed E-state index contributed by atoms with van der Waals surface area (Å²) >= 11 is 0. The summed E-state index contributed by atoms with van der Waals surface area (Å²) < 4.78 is 26.7. The van der Waals surface area contributed by atoms with Crippen molar-refractivity contribution in [1.82, 2.24) is 10.6 Å². The van der Waals surface area contributed by atoms with E-state index in [1.807, 2.05) is 13.8 Å². The Morgan fingerprint density at radius 3 is 2.56 bits per heavy atom. The fourth-order valence-corrected chi connectivity index (χ4v) is 2.18. The molecule has 0 spiro atoms. The minimum atomic E-state index is -0.791. The van der Waals surface area contributed by atoms with Crippen LogP contribution in [0.4, 0.5) is 8.78 Å². The van der Waals surface area contributed by atoms with Crippen LogP contribution in [0.1, 0.15) is 46.5 Å². The summed E-state index contributed by atoms with van der Waals surface area (Å²) in [6.07, 6.45) is 0.820. The van der Waals surface area contributed by atoms with Crippen molar-refractivity contribution in [2.45, 2.75) is 32.9 Å². The molecule has 2 amide bonds. The number of halogens is 2. The van der Waals surface area contributed by atoms with Crippen molar-refractivity contribution >= 4 is 11.8 Å². The van der Waals surface area contributed by atoms with Crippen molar-refractivity contribution in [3.05, 3.63) is 70.8 Å². The predicted molar refractivity (Wildman–Crippen MR) is 91.2 cm³/mol. The summed E-state index contributed by atoms with van der Waals surface area (Å²) in [6, 6.07) is 9.54. The normalized spacial score (nSPS) is 11.7. The molecule has 0 heterocycles. The van der Waals surface area contributed by atoms with E-state index >= 15 is 0 Å². The molecule has 0 aliphatic carbocycles. The van der Waals surface area contributed by atoms with Crippen molar-refractivity contribution in [2.75, 3.05) is 0 Å². The summed E-state index contributed by atoms with van der Waals surface area (Å²) in [5.74, 6) is -2.39. The third-order valence-corrected chi connectivity index (χ3v) is 3.81. The van der Waals surface area contributed by atoms with Gasteiger partial charge in [0.05, 0.1) is 5.56 Å². The second kappa shape index (κ2) is 8.37. The summed E-state index contributed by atoms with van der Waals surface area (Å²) in [7, 11) is 0. The molecule has 0 saturated heterocycles. The van der Waals surface area contributed by atoms with Crippen LogP contribution in [0.25, 0.3) is 0 Å². The summed E-state index contributed by atoms with van der Waals surface area (Å²) in [6.45, 7) is 3.98. The van der Waals surface area contributed by atoms with Crippen molar-refractivity contribution in [3.8, 4) is 0 Å². The molecular weight excluding hydrogens is 326 g/mol. The molecule has 0 fully saturated rings. The minimum Gasteiger partial charge on any atom is -0.350 e. The molecule has 2 aromatic carbocycles. The van der Waals surface area contributed by atoms with E-state index in [0.717, 1.165) is 24.6 Å². The second-order valence-corrected chi connectivity index (χ2v) is 5.79. The number of hydrogen-bond acceptors (Lipinski definition) is 2. The lowest BCUT2D eigenvalue weighted by Crippen LogP contribution is -2.32. The minimum absolute atomic E-state index is 0.0619. The van der Waals surface area contributed by atoms with Gasteiger partial charge in [0.2, 0.25) is 0 Å².